The molecule has 2 aromatic rings. The molecule has 0 unspecified atom stereocenters. The maximum atomic E-state index is 6.00. The molecular formula is C19H21NOS. The van der Waals surface area contributed by atoms with E-state index in [4.69, 9.17) is 4.74 Å². The third-order valence-electron chi connectivity index (χ3n) is 4.54. The third-order valence-corrected chi connectivity index (χ3v) is 5.53. The third kappa shape index (κ3) is 2.71. The van der Waals surface area contributed by atoms with Crippen LogP contribution in [0.15, 0.2) is 41.8 Å². The van der Waals surface area contributed by atoms with Crippen LogP contribution in [0, 0.1) is 0 Å². The fourth-order valence-electron chi connectivity index (χ4n) is 3.38. The number of hydrogen-bond acceptors (Lipinski definition) is 3. The van der Waals surface area contributed by atoms with Crippen LogP contribution in [0.3, 0.4) is 0 Å². The van der Waals surface area contributed by atoms with Crippen LogP contribution in [0.2, 0.25) is 0 Å². The molecular weight excluding hydrogens is 290 g/mol. The van der Waals surface area contributed by atoms with Gasteiger partial charge in [-0.15, -0.1) is 11.3 Å². The van der Waals surface area contributed by atoms with Gasteiger partial charge >= 0.3 is 0 Å². The lowest BCUT2D eigenvalue weighted by molar-refractivity contribution is 0.307. The van der Waals surface area contributed by atoms with Crippen molar-refractivity contribution in [3.63, 3.8) is 0 Å². The minimum Gasteiger partial charge on any atom is -0.488 e. The van der Waals surface area contributed by atoms with Crippen molar-refractivity contribution in [2.45, 2.75) is 25.9 Å². The first-order valence-electron chi connectivity index (χ1n) is 8.13. The quantitative estimate of drug-likeness (QED) is 0.824. The van der Waals surface area contributed by atoms with Crippen LogP contribution in [-0.2, 0) is 6.61 Å². The number of likely N-dealkylation sites (tertiary alicyclic amines) is 1. The van der Waals surface area contributed by atoms with Crippen molar-refractivity contribution in [2.24, 2.45) is 0 Å². The Morgan fingerprint density at radius 1 is 1.14 bits per heavy atom. The summed E-state index contributed by atoms with van der Waals surface area (Å²) in [5, 5.41) is 2.18. The molecule has 0 radical (unpaired) electrons. The van der Waals surface area contributed by atoms with Gasteiger partial charge in [0.2, 0.25) is 0 Å². The van der Waals surface area contributed by atoms with Gasteiger partial charge in [-0.3, -0.25) is 0 Å². The van der Waals surface area contributed by atoms with Gasteiger partial charge in [0.25, 0.3) is 0 Å². The highest BCUT2D eigenvalue weighted by atomic mass is 32.1. The molecule has 22 heavy (non-hydrogen) atoms. The molecule has 2 aliphatic heterocycles. The van der Waals surface area contributed by atoms with Gasteiger partial charge in [-0.1, -0.05) is 24.3 Å². The zero-order valence-electron chi connectivity index (χ0n) is 12.8. The lowest BCUT2D eigenvalue weighted by atomic mass is 10.0. The molecule has 114 valence electrons. The van der Waals surface area contributed by atoms with Crippen molar-refractivity contribution in [1.82, 2.24) is 4.90 Å². The highest BCUT2D eigenvalue weighted by molar-refractivity contribution is 7.11. The number of thiophene rings is 1. The van der Waals surface area contributed by atoms with Crippen molar-refractivity contribution >= 4 is 16.9 Å². The monoisotopic (exact) mass is 311 g/mol. The molecule has 0 amide bonds. The molecule has 0 N–H and O–H groups in total. The summed E-state index contributed by atoms with van der Waals surface area (Å²) in [5.74, 6) is 1.01. The van der Waals surface area contributed by atoms with E-state index in [1.54, 1.807) is 0 Å². The Balaban J connectivity index is 1.65. The van der Waals surface area contributed by atoms with Crippen molar-refractivity contribution in [3.8, 4) is 5.75 Å². The van der Waals surface area contributed by atoms with E-state index in [-0.39, 0.29) is 0 Å². The van der Waals surface area contributed by atoms with Crippen LogP contribution in [0.25, 0.3) is 5.57 Å². The number of hydrogen-bond donors (Lipinski definition) is 0. The number of benzene rings is 1. The average Bonchev–Trinajstić information content (AvgIpc) is 3.20. The lowest BCUT2D eigenvalue weighted by Crippen LogP contribution is -2.19. The van der Waals surface area contributed by atoms with Crippen LogP contribution < -0.4 is 4.74 Å². The molecule has 1 saturated heterocycles. The van der Waals surface area contributed by atoms with Crippen molar-refractivity contribution in [1.29, 1.82) is 0 Å². The first-order chi connectivity index (χ1) is 10.9. The Bertz CT molecular complexity index is 682. The maximum absolute atomic E-state index is 6.00. The van der Waals surface area contributed by atoms with Crippen LogP contribution in [-0.4, -0.2) is 24.5 Å². The topological polar surface area (TPSA) is 12.5 Å². The number of para-hydroxylation sites is 1. The fraction of sp³-hybridized carbons (Fsp3) is 0.368. The first kappa shape index (κ1) is 14.0. The Morgan fingerprint density at radius 3 is 2.91 bits per heavy atom. The van der Waals surface area contributed by atoms with Crippen LogP contribution in [0.1, 0.15) is 35.3 Å². The second-order valence-electron chi connectivity index (χ2n) is 6.02. The smallest absolute Gasteiger partial charge is 0.127 e. The summed E-state index contributed by atoms with van der Waals surface area (Å²) in [6.45, 7) is 4.40. The van der Waals surface area contributed by atoms with Crippen molar-refractivity contribution in [2.75, 3.05) is 19.6 Å². The van der Waals surface area contributed by atoms with Crippen molar-refractivity contribution < 1.29 is 4.74 Å². The Kier molecular flexibility index (Phi) is 4.00. The molecule has 0 saturated carbocycles. The highest BCUT2D eigenvalue weighted by Crippen LogP contribution is 2.39. The largest absolute Gasteiger partial charge is 0.488 e. The van der Waals surface area contributed by atoms with Gasteiger partial charge in [0, 0.05) is 22.5 Å². The second kappa shape index (κ2) is 6.27. The molecule has 0 aliphatic carbocycles. The van der Waals surface area contributed by atoms with Gasteiger partial charge in [-0.25, -0.2) is 0 Å². The van der Waals surface area contributed by atoms with Crippen LogP contribution in [0.4, 0.5) is 0 Å². The molecule has 4 rings (SSSR count). The number of ether oxygens (including phenoxy) is 1. The van der Waals surface area contributed by atoms with Gasteiger partial charge in [-0.2, -0.15) is 0 Å². The first-order valence-corrected chi connectivity index (χ1v) is 9.01. The molecule has 2 aliphatic rings. The fourth-order valence-corrected chi connectivity index (χ4v) is 4.35. The van der Waals surface area contributed by atoms with E-state index in [0.29, 0.717) is 6.61 Å². The Labute approximate surface area is 136 Å². The molecule has 0 atom stereocenters. The molecule has 1 aromatic carbocycles. The Morgan fingerprint density at radius 2 is 2.00 bits per heavy atom. The van der Waals surface area contributed by atoms with Gasteiger partial charge in [0.1, 0.15) is 12.4 Å². The van der Waals surface area contributed by atoms with E-state index < -0.39 is 0 Å². The number of nitrogens with zero attached hydrogens (tertiary/aromatic N) is 1. The van der Waals surface area contributed by atoms with E-state index in [1.165, 1.54) is 54.1 Å². The molecule has 1 fully saturated rings. The predicted molar refractivity (Wildman–Crippen MR) is 92.5 cm³/mol. The minimum absolute atomic E-state index is 0.680. The molecule has 2 nitrogen and oxygen atoms in total. The normalized spacial score (nSPS) is 19.5. The number of fused-ring (bicyclic) bond motifs is 2. The zero-order chi connectivity index (χ0) is 14.8. The predicted octanol–water partition coefficient (Wildman–Crippen LogP) is 4.56. The zero-order valence-corrected chi connectivity index (χ0v) is 13.6. The van der Waals surface area contributed by atoms with Crippen LogP contribution in [0.5, 0.6) is 5.75 Å². The van der Waals surface area contributed by atoms with Crippen molar-refractivity contribution in [3.05, 3.63) is 57.8 Å². The SMILES string of the molecule is C(/CCN1CCCC1)=C1/c2ccccc2OCc2ccsc21. The highest BCUT2D eigenvalue weighted by Gasteiger charge is 2.20. The second-order valence-corrected chi connectivity index (χ2v) is 6.93. The van der Waals surface area contributed by atoms with Gasteiger partial charge in [0.15, 0.2) is 0 Å². The van der Waals surface area contributed by atoms with Gasteiger partial charge < -0.3 is 9.64 Å². The molecule has 1 aromatic heterocycles. The molecule has 3 heterocycles. The lowest BCUT2D eigenvalue weighted by Gasteiger charge is -2.13. The number of rotatable bonds is 3. The summed E-state index contributed by atoms with van der Waals surface area (Å²) in [4.78, 5) is 3.96. The van der Waals surface area contributed by atoms with Gasteiger partial charge in [-0.05, 0) is 55.4 Å². The van der Waals surface area contributed by atoms with E-state index in [2.05, 4.69) is 46.7 Å². The average molecular weight is 311 g/mol. The summed E-state index contributed by atoms with van der Waals surface area (Å²) >= 11 is 1.83. The molecule has 0 bridgehead atoms. The maximum Gasteiger partial charge on any atom is 0.127 e. The van der Waals surface area contributed by atoms with E-state index in [9.17, 15) is 0 Å². The van der Waals surface area contributed by atoms with E-state index >= 15 is 0 Å². The summed E-state index contributed by atoms with van der Waals surface area (Å²) in [6.07, 6.45) is 6.26. The van der Waals surface area contributed by atoms with E-state index in [0.717, 1.165) is 12.2 Å². The molecule has 0 spiro atoms. The summed E-state index contributed by atoms with van der Waals surface area (Å²) in [5.41, 5.74) is 3.91. The summed E-state index contributed by atoms with van der Waals surface area (Å²) < 4.78 is 6.00. The van der Waals surface area contributed by atoms with E-state index in [1.807, 2.05) is 11.3 Å². The molecule has 3 heteroatoms. The summed E-state index contributed by atoms with van der Waals surface area (Å²) in [7, 11) is 0. The van der Waals surface area contributed by atoms with Gasteiger partial charge in [0.05, 0.1) is 0 Å². The Hall–Kier alpha value is -1.58. The van der Waals surface area contributed by atoms with Crippen LogP contribution >= 0.6 is 11.3 Å². The minimum atomic E-state index is 0.680. The standard InChI is InChI=1S/C19H21NOS/c1-2-8-18-16(6-1)17(7-5-12-20-10-3-4-11-20)19-15(14-21-18)9-13-22-19/h1-2,6-9,13H,3-5,10-12,14H2/b17-7+. The summed E-state index contributed by atoms with van der Waals surface area (Å²) in [6, 6.07) is 10.6.